The Balaban J connectivity index is 0.000000160. The fourth-order valence-electron chi connectivity index (χ4n) is 4.98. The number of benzene rings is 2. The second kappa shape index (κ2) is 12.3. The normalized spacial score (nSPS) is 13.3. The molecular formula is C30H32N2O5S2. The quantitative estimate of drug-likeness (QED) is 0.285. The van der Waals surface area contributed by atoms with Gasteiger partial charge in [0.25, 0.3) is 0 Å². The molecule has 6 rings (SSSR count). The number of hydrogen-bond donors (Lipinski definition) is 1. The van der Waals surface area contributed by atoms with Gasteiger partial charge in [0.1, 0.15) is 16.5 Å². The van der Waals surface area contributed by atoms with E-state index in [-0.39, 0.29) is 12.6 Å². The van der Waals surface area contributed by atoms with Crippen LogP contribution < -0.4 is 9.47 Å². The van der Waals surface area contributed by atoms with E-state index < -0.39 is 0 Å². The molecule has 204 valence electrons. The largest absolute Gasteiger partial charge is 0.497 e. The van der Waals surface area contributed by atoms with Crippen molar-refractivity contribution in [1.29, 1.82) is 0 Å². The molecule has 0 fully saturated rings. The van der Waals surface area contributed by atoms with Crippen LogP contribution in [0.4, 0.5) is 0 Å². The molecule has 2 aromatic heterocycles. The summed E-state index contributed by atoms with van der Waals surface area (Å²) in [7, 11) is 3.35. The van der Waals surface area contributed by atoms with Gasteiger partial charge in [0.2, 0.25) is 5.01 Å². The molecule has 0 saturated carbocycles. The zero-order valence-corrected chi connectivity index (χ0v) is 24.0. The first kappa shape index (κ1) is 27.3. The maximum absolute atomic E-state index is 11.9. The van der Waals surface area contributed by atoms with Gasteiger partial charge >= 0.3 is 5.97 Å². The van der Waals surface area contributed by atoms with Crippen molar-refractivity contribution in [3.05, 3.63) is 68.9 Å². The van der Waals surface area contributed by atoms with Gasteiger partial charge in [-0.3, -0.25) is 0 Å². The predicted molar refractivity (Wildman–Crippen MR) is 154 cm³/mol. The molecule has 2 aliphatic carbocycles. The molecule has 0 aliphatic heterocycles. The van der Waals surface area contributed by atoms with Gasteiger partial charge in [-0.25, -0.2) is 14.8 Å². The van der Waals surface area contributed by atoms with Crippen molar-refractivity contribution in [2.45, 2.75) is 52.1 Å². The maximum Gasteiger partial charge on any atom is 0.367 e. The molecule has 0 spiro atoms. The van der Waals surface area contributed by atoms with Crippen LogP contribution in [-0.4, -0.2) is 41.9 Å². The highest BCUT2D eigenvalue weighted by Gasteiger charge is 2.23. The zero-order chi connectivity index (χ0) is 27.4. The van der Waals surface area contributed by atoms with E-state index in [1.165, 1.54) is 32.9 Å². The molecule has 0 unspecified atom stereocenters. The van der Waals surface area contributed by atoms with Gasteiger partial charge < -0.3 is 19.3 Å². The number of methoxy groups -OCH3 is 2. The molecule has 9 heteroatoms. The number of ether oxygens (including phenoxy) is 3. The van der Waals surface area contributed by atoms with E-state index in [2.05, 4.69) is 28.2 Å². The summed E-state index contributed by atoms with van der Waals surface area (Å²) in [6, 6.07) is 12.4. The first-order valence-corrected chi connectivity index (χ1v) is 14.8. The number of fused-ring (bicyclic) bond motifs is 6. The monoisotopic (exact) mass is 564 g/mol. The van der Waals surface area contributed by atoms with E-state index in [1.54, 1.807) is 32.5 Å². The lowest BCUT2D eigenvalue weighted by atomic mass is 10.0. The Kier molecular flexibility index (Phi) is 8.60. The average molecular weight is 565 g/mol. The van der Waals surface area contributed by atoms with E-state index in [9.17, 15) is 9.90 Å². The average Bonchev–Trinajstić information content (AvgIpc) is 3.49. The first-order chi connectivity index (χ1) is 19.0. The molecule has 0 amide bonds. The number of aliphatic hydroxyl groups is 1. The van der Waals surface area contributed by atoms with E-state index in [4.69, 9.17) is 14.2 Å². The number of hydrogen-bond acceptors (Lipinski definition) is 9. The highest BCUT2D eigenvalue weighted by Crippen LogP contribution is 2.40. The van der Waals surface area contributed by atoms with Crippen LogP contribution in [0.1, 0.15) is 57.1 Å². The van der Waals surface area contributed by atoms with Crippen LogP contribution in [0.2, 0.25) is 0 Å². The van der Waals surface area contributed by atoms with Crippen LogP contribution in [0.5, 0.6) is 11.5 Å². The fraction of sp³-hybridized carbons (Fsp3) is 0.367. The number of carbonyl (C=O) groups excluding carboxylic acids is 1. The standard InChI is InChI=1S/C16H17NO3S.C14H15NO2S/c1-3-20-16(18)15-17-13-6-4-5-10-7-8-11(19-2)9-12(10)14(13)21-15;1-17-10-6-5-9-3-2-4-12-14(11(9)7-10)18-13(8-16)15-12/h7-9H,3-6H2,1-2H3;5-7,16H,2-4,8H2,1H3. The maximum atomic E-state index is 11.9. The third kappa shape index (κ3) is 5.85. The summed E-state index contributed by atoms with van der Waals surface area (Å²) >= 11 is 3.01. The number of aryl methyl sites for hydroxylation is 4. The van der Waals surface area contributed by atoms with E-state index in [0.29, 0.717) is 11.6 Å². The van der Waals surface area contributed by atoms with E-state index in [1.807, 2.05) is 18.2 Å². The van der Waals surface area contributed by atoms with Crippen LogP contribution in [0.15, 0.2) is 36.4 Å². The molecular weight excluding hydrogens is 532 g/mol. The third-order valence-electron chi connectivity index (χ3n) is 6.87. The van der Waals surface area contributed by atoms with Crippen molar-refractivity contribution >= 4 is 28.6 Å². The first-order valence-electron chi connectivity index (χ1n) is 13.1. The van der Waals surface area contributed by atoms with Gasteiger partial charge in [0.05, 0.1) is 48.6 Å². The van der Waals surface area contributed by atoms with Gasteiger partial charge in [0.15, 0.2) is 0 Å². The Hall–Kier alpha value is -3.27. The number of thiazole rings is 2. The lowest BCUT2D eigenvalue weighted by molar-refractivity contribution is 0.0525. The van der Waals surface area contributed by atoms with Crippen LogP contribution >= 0.6 is 22.7 Å². The highest BCUT2D eigenvalue weighted by atomic mass is 32.1. The Labute approximate surface area is 236 Å². The highest BCUT2D eigenvalue weighted by molar-refractivity contribution is 7.17. The molecule has 7 nitrogen and oxygen atoms in total. The summed E-state index contributed by atoms with van der Waals surface area (Å²) in [6.45, 7) is 2.20. The molecule has 0 radical (unpaired) electrons. The summed E-state index contributed by atoms with van der Waals surface area (Å²) in [4.78, 5) is 23.2. The van der Waals surface area contributed by atoms with Crippen LogP contribution in [0.25, 0.3) is 20.9 Å². The van der Waals surface area contributed by atoms with Gasteiger partial charge in [-0.2, -0.15) is 0 Å². The van der Waals surface area contributed by atoms with Crippen molar-refractivity contribution in [2.24, 2.45) is 0 Å². The van der Waals surface area contributed by atoms with Crippen LogP contribution in [-0.2, 0) is 37.0 Å². The zero-order valence-electron chi connectivity index (χ0n) is 22.4. The molecule has 0 bridgehead atoms. The molecule has 1 N–H and O–H groups in total. The van der Waals surface area contributed by atoms with Crippen molar-refractivity contribution in [3.8, 4) is 32.4 Å². The lowest BCUT2D eigenvalue weighted by Crippen LogP contribution is -2.04. The van der Waals surface area contributed by atoms with E-state index >= 15 is 0 Å². The number of aromatic nitrogens is 2. The van der Waals surface area contributed by atoms with Gasteiger partial charge in [0, 0.05) is 11.1 Å². The van der Waals surface area contributed by atoms with Crippen LogP contribution in [0, 0.1) is 0 Å². The molecule has 39 heavy (non-hydrogen) atoms. The smallest absolute Gasteiger partial charge is 0.367 e. The minimum absolute atomic E-state index is 0.0248. The summed E-state index contributed by atoms with van der Waals surface area (Å²) < 4.78 is 15.7. The van der Waals surface area contributed by atoms with Crippen molar-refractivity contribution < 1.29 is 24.1 Å². The Morgan fingerprint density at radius 2 is 1.41 bits per heavy atom. The second-order valence-corrected chi connectivity index (χ2v) is 11.4. The lowest BCUT2D eigenvalue weighted by Gasteiger charge is -2.07. The molecule has 0 atom stereocenters. The number of aliphatic hydroxyl groups excluding tert-OH is 1. The SMILES string of the molecule is CCOC(=O)c1nc2c(s1)-c1cc(OC)ccc1CCC2.COc1ccc2c(c1)-c1sc(CO)nc1CCC2. The summed E-state index contributed by atoms with van der Waals surface area (Å²) in [5, 5.41) is 10.5. The van der Waals surface area contributed by atoms with Gasteiger partial charge in [-0.15, -0.1) is 22.7 Å². The molecule has 2 aliphatic rings. The minimum Gasteiger partial charge on any atom is -0.497 e. The van der Waals surface area contributed by atoms with Crippen molar-refractivity contribution in [1.82, 2.24) is 9.97 Å². The van der Waals surface area contributed by atoms with E-state index in [0.717, 1.165) is 76.9 Å². The molecule has 2 heterocycles. The topological polar surface area (TPSA) is 90.8 Å². The summed E-state index contributed by atoms with van der Waals surface area (Å²) in [5.74, 6) is 1.37. The summed E-state index contributed by atoms with van der Waals surface area (Å²) in [6.07, 6.45) is 6.14. The second-order valence-electron chi connectivity index (χ2n) is 9.31. The Morgan fingerprint density at radius 3 is 1.95 bits per heavy atom. The predicted octanol–water partition coefficient (Wildman–Crippen LogP) is 6.28. The van der Waals surface area contributed by atoms with Gasteiger partial charge in [-0.1, -0.05) is 12.1 Å². The fourth-order valence-corrected chi connectivity index (χ4v) is 7.05. The number of esters is 1. The number of nitrogens with zero attached hydrogens (tertiary/aromatic N) is 2. The Morgan fingerprint density at radius 1 is 0.846 bits per heavy atom. The number of rotatable bonds is 5. The molecule has 0 saturated heterocycles. The third-order valence-corrected chi connectivity index (χ3v) is 9.09. The van der Waals surface area contributed by atoms with Crippen molar-refractivity contribution in [3.63, 3.8) is 0 Å². The van der Waals surface area contributed by atoms with Crippen molar-refractivity contribution in [2.75, 3.05) is 20.8 Å². The summed E-state index contributed by atoms with van der Waals surface area (Å²) in [5.41, 5.74) is 7.11. The molecule has 4 aromatic rings. The minimum atomic E-state index is -0.333. The molecule has 2 aromatic carbocycles. The van der Waals surface area contributed by atoms with Gasteiger partial charge in [-0.05, 0) is 80.8 Å². The van der Waals surface area contributed by atoms with Crippen LogP contribution in [0.3, 0.4) is 0 Å². The Bertz CT molecular complexity index is 1480. The number of carbonyl (C=O) groups is 1.